The van der Waals surface area contributed by atoms with Crippen molar-refractivity contribution in [2.45, 2.75) is 77.2 Å². The fraction of sp³-hybridized carbons (Fsp3) is 0.708. The molecule has 2 fully saturated rings. The number of hydrogen-bond acceptors (Lipinski definition) is 7. The summed E-state index contributed by atoms with van der Waals surface area (Å²) in [5.74, 6) is -3.75. The monoisotopic (exact) mass is 484 g/mol. The predicted octanol–water partition coefficient (Wildman–Crippen LogP) is 4.33. The van der Waals surface area contributed by atoms with E-state index in [0.717, 1.165) is 0 Å². The van der Waals surface area contributed by atoms with Gasteiger partial charge in [-0.3, -0.25) is 14.4 Å². The lowest BCUT2D eigenvalue weighted by atomic mass is 9.45. The summed E-state index contributed by atoms with van der Waals surface area (Å²) in [5.41, 5.74) is -6.75. The largest absolute Gasteiger partial charge is 0.449 e. The van der Waals surface area contributed by atoms with E-state index in [-0.39, 0.29) is 55.5 Å². The maximum Gasteiger partial charge on any atom is 0.306 e. The first kappa shape index (κ1) is 24.5. The molecule has 2 saturated carbocycles. The lowest BCUT2D eigenvalue weighted by Crippen LogP contribution is -2.69. The molecule has 4 aliphatic rings. The summed E-state index contributed by atoms with van der Waals surface area (Å²) in [4.78, 5) is 37.5. The summed E-state index contributed by atoms with van der Waals surface area (Å²) in [6, 6.07) is 0. The van der Waals surface area contributed by atoms with Gasteiger partial charge in [-0.05, 0) is 37.3 Å². The van der Waals surface area contributed by atoms with Crippen molar-refractivity contribution in [3.8, 4) is 0 Å². The van der Waals surface area contributed by atoms with Crippen molar-refractivity contribution < 1.29 is 37.6 Å². The Morgan fingerprint density at radius 1 is 1.30 bits per heavy atom. The van der Waals surface area contributed by atoms with Crippen LogP contribution in [0.1, 0.15) is 59.8 Å². The van der Waals surface area contributed by atoms with Crippen molar-refractivity contribution in [1.82, 2.24) is 0 Å². The van der Waals surface area contributed by atoms with E-state index in [4.69, 9.17) is 4.74 Å². The fourth-order valence-corrected chi connectivity index (χ4v) is 8.12. The van der Waals surface area contributed by atoms with Crippen LogP contribution in [0, 0.1) is 28.6 Å². The van der Waals surface area contributed by atoms with Gasteiger partial charge in [0.15, 0.2) is 17.1 Å². The van der Waals surface area contributed by atoms with Crippen molar-refractivity contribution in [2.24, 2.45) is 28.6 Å². The molecule has 6 nitrogen and oxygen atoms in total. The van der Waals surface area contributed by atoms with Gasteiger partial charge in [0.05, 0.1) is 18.1 Å². The second kappa shape index (κ2) is 7.71. The highest BCUT2D eigenvalue weighted by Gasteiger charge is 2.77. The molecule has 0 saturated heterocycles. The zero-order valence-electron chi connectivity index (χ0n) is 19.2. The third-order valence-corrected chi connectivity index (χ3v) is 9.62. The van der Waals surface area contributed by atoms with E-state index >= 15 is 8.78 Å². The van der Waals surface area contributed by atoms with Gasteiger partial charge in [-0.1, -0.05) is 26.8 Å². The number of esters is 1. The number of rotatable bonds is 3. The van der Waals surface area contributed by atoms with Gasteiger partial charge in [-0.15, -0.1) is 0 Å². The maximum absolute atomic E-state index is 17.2. The topological polar surface area (TPSA) is 101 Å². The van der Waals surface area contributed by atoms with E-state index in [2.05, 4.69) is 0 Å². The van der Waals surface area contributed by atoms with Crippen LogP contribution in [0.25, 0.3) is 0 Å². The minimum Gasteiger partial charge on any atom is -0.449 e. The van der Waals surface area contributed by atoms with Crippen LogP contribution in [0.15, 0.2) is 23.6 Å². The number of ketones is 1. The first-order chi connectivity index (χ1) is 15.3. The number of halogens is 2. The molecular formula is C24H30F2O6S. The first-order valence-corrected chi connectivity index (χ1v) is 12.2. The Balaban J connectivity index is 1.89. The average molecular weight is 485 g/mol. The van der Waals surface area contributed by atoms with Gasteiger partial charge in [0, 0.05) is 41.9 Å². The molecule has 0 aromatic heterocycles. The molecule has 4 rings (SSSR count). The quantitative estimate of drug-likeness (QED) is 0.454. The SMILES string of the molecule is CCC(=O)O[C@]1(C(=O)SO)[C@H](C)CC2C3CC(F)=C4CC(=O)C=C[C@]4(C)[C@@]3(F)[C@@H](O)C[C@@]21C. The molecule has 33 heavy (non-hydrogen) atoms. The van der Waals surface area contributed by atoms with Gasteiger partial charge in [-0.2, -0.15) is 0 Å². The minimum atomic E-state index is -2.28. The van der Waals surface area contributed by atoms with Crippen molar-refractivity contribution in [1.29, 1.82) is 0 Å². The first-order valence-electron chi connectivity index (χ1n) is 11.4. The standard InChI is InChI=1S/C24H30F2O6S/c1-5-19(29)32-24(20(30)33-31)12(2)8-14-15-10-17(25)16-9-13(27)6-7-21(16,3)23(15,26)18(28)11-22(14,24)4/h6-7,12,14-15,18,28,31H,5,8-11H2,1-4H3/t12-,14?,15?,18+,21+,22+,23+,24+/m1/s1. The summed E-state index contributed by atoms with van der Waals surface area (Å²) >= 11 is -0.0443. The maximum atomic E-state index is 17.2. The van der Waals surface area contributed by atoms with E-state index in [1.54, 1.807) is 20.8 Å². The molecule has 0 bridgehead atoms. The summed E-state index contributed by atoms with van der Waals surface area (Å²) < 4.78 is 48.0. The minimum absolute atomic E-state index is 0.00472. The smallest absolute Gasteiger partial charge is 0.306 e. The second-order valence-electron chi connectivity index (χ2n) is 10.5. The average Bonchev–Trinajstić information content (AvgIpc) is 2.98. The summed E-state index contributed by atoms with van der Waals surface area (Å²) in [7, 11) is 0. The fourth-order valence-electron chi connectivity index (χ4n) is 7.51. The number of fused-ring (bicyclic) bond motifs is 5. The van der Waals surface area contributed by atoms with Gasteiger partial charge in [0.1, 0.15) is 5.83 Å². The van der Waals surface area contributed by atoms with Crippen LogP contribution in [0.4, 0.5) is 8.78 Å². The van der Waals surface area contributed by atoms with Crippen molar-refractivity contribution in [3.63, 3.8) is 0 Å². The molecule has 0 spiro atoms. The Morgan fingerprint density at radius 2 is 1.97 bits per heavy atom. The molecule has 182 valence electrons. The third-order valence-electron chi connectivity index (χ3n) is 9.15. The molecular weight excluding hydrogens is 454 g/mol. The number of allylic oxidation sites excluding steroid dienone is 4. The Hall–Kier alpha value is -1.58. The van der Waals surface area contributed by atoms with E-state index in [1.807, 2.05) is 0 Å². The zero-order valence-corrected chi connectivity index (χ0v) is 20.0. The Bertz CT molecular complexity index is 980. The van der Waals surface area contributed by atoms with Crippen LogP contribution in [0.5, 0.6) is 0 Å². The van der Waals surface area contributed by atoms with Crippen LogP contribution in [0.3, 0.4) is 0 Å². The summed E-state index contributed by atoms with van der Waals surface area (Å²) in [5, 5.41) is 10.6. The van der Waals surface area contributed by atoms with E-state index in [0.29, 0.717) is 0 Å². The Morgan fingerprint density at radius 3 is 2.58 bits per heavy atom. The second-order valence-corrected chi connectivity index (χ2v) is 11.0. The van der Waals surface area contributed by atoms with Gasteiger partial charge in [0.2, 0.25) is 0 Å². The Kier molecular flexibility index (Phi) is 5.74. The van der Waals surface area contributed by atoms with E-state index < -0.39 is 62.9 Å². The van der Waals surface area contributed by atoms with Gasteiger partial charge in [0.25, 0.3) is 5.12 Å². The van der Waals surface area contributed by atoms with E-state index in [9.17, 15) is 24.0 Å². The third kappa shape index (κ3) is 2.88. The van der Waals surface area contributed by atoms with E-state index in [1.165, 1.54) is 19.1 Å². The van der Waals surface area contributed by atoms with Crippen molar-refractivity contribution >= 4 is 28.9 Å². The number of ether oxygens (including phenoxy) is 1. The molecule has 0 aromatic rings. The van der Waals surface area contributed by atoms with Crippen LogP contribution >= 0.6 is 12.0 Å². The van der Waals surface area contributed by atoms with Gasteiger partial charge >= 0.3 is 5.97 Å². The van der Waals surface area contributed by atoms with Crippen LogP contribution in [-0.2, 0) is 19.1 Å². The van der Waals surface area contributed by atoms with Crippen LogP contribution in [0.2, 0.25) is 0 Å². The highest BCUT2D eigenvalue weighted by atomic mass is 32.2. The van der Waals surface area contributed by atoms with Gasteiger partial charge in [-0.25, -0.2) is 8.78 Å². The molecule has 8 atom stereocenters. The number of alkyl halides is 1. The molecule has 0 radical (unpaired) electrons. The molecule has 4 aliphatic carbocycles. The zero-order chi connectivity index (χ0) is 24.6. The molecule has 0 amide bonds. The lowest BCUT2D eigenvalue weighted by Gasteiger charge is -2.62. The highest BCUT2D eigenvalue weighted by molar-refractivity contribution is 8.09. The summed E-state index contributed by atoms with van der Waals surface area (Å²) in [6.45, 7) is 6.46. The van der Waals surface area contributed by atoms with Crippen LogP contribution < -0.4 is 0 Å². The molecule has 9 heteroatoms. The normalized spacial score (nSPS) is 46.5. The molecule has 0 heterocycles. The molecule has 0 aromatic carbocycles. The lowest BCUT2D eigenvalue weighted by molar-refractivity contribution is -0.223. The van der Waals surface area contributed by atoms with Crippen LogP contribution in [-0.4, -0.2) is 43.9 Å². The molecule has 2 N–H and O–H groups in total. The van der Waals surface area contributed by atoms with Gasteiger partial charge < -0.3 is 14.4 Å². The number of carbonyl (C=O) groups is 3. The number of aliphatic hydroxyl groups is 1. The highest BCUT2D eigenvalue weighted by Crippen LogP contribution is 2.72. The van der Waals surface area contributed by atoms with Crippen molar-refractivity contribution in [3.05, 3.63) is 23.6 Å². The van der Waals surface area contributed by atoms with Crippen molar-refractivity contribution in [2.75, 3.05) is 0 Å². The Labute approximate surface area is 196 Å². The predicted molar refractivity (Wildman–Crippen MR) is 117 cm³/mol. The number of aliphatic hydroxyl groups excluding tert-OH is 1. The summed E-state index contributed by atoms with van der Waals surface area (Å²) in [6.07, 6.45) is 0.478. The molecule has 2 unspecified atom stereocenters. The molecule has 0 aliphatic heterocycles. The number of carbonyl (C=O) groups excluding carboxylic acids is 3. The number of hydrogen-bond donors (Lipinski definition) is 2.